The Balaban J connectivity index is 0.00000361. The van der Waals surface area contributed by atoms with Gasteiger partial charge in [0.15, 0.2) is 0 Å². The van der Waals surface area contributed by atoms with Crippen molar-refractivity contribution in [3.05, 3.63) is 18.2 Å². The minimum atomic E-state index is 0. The van der Waals surface area contributed by atoms with Crippen LogP contribution < -0.4 is 21.5 Å². The Hall–Kier alpha value is -0.350. The van der Waals surface area contributed by atoms with E-state index in [-0.39, 0.29) is 23.6 Å². The molecule has 0 bridgehead atoms. The molecule has 0 aliphatic rings. The van der Waals surface area contributed by atoms with E-state index in [0.717, 1.165) is 6.54 Å². The molecular weight excluding hydrogens is 316 g/mol. The normalized spacial score (nSPS) is 10.6. The lowest BCUT2D eigenvalue weighted by Crippen LogP contribution is -3.00. The summed E-state index contributed by atoms with van der Waals surface area (Å²) in [6.45, 7) is 6.42. The van der Waals surface area contributed by atoms with Gasteiger partial charge in [-0.3, -0.25) is 0 Å². The Labute approximate surface area is 134 Å². The van der Waals surface area contributed by atoms with Gasteiger partial charge in [0.2, 0.25) is 0 Å². The van der Waals surface area contributed by atoms with Crippen LogP contribution in [0, 0.1) is 6.92 Å². The zero-order valence-electron chi connectivity index (χ0n) is 13.2. The Bertz CT molecular complexity index is 339. The minimum absolute atomic E-state index is 0. The van der Waals surface area contributed by atoms with Gasteiger partial charge < -0.3 is 22.1 Å². The van der Waals surface area contributed by atoms with Crippen LogP contribution in [0.4, 0.5) is 0 Å². The molecule has 118 valence electrons. The molecule has 0 atom stereocenters. The molecule has 0 amide bonds. The van der Waals surface area contributed by atoms with Gasteiger partial charge in [-0.2, -0.15) is 0 Å². The van der Waals surface area contributed by atoms with Crippen molar-refractivity contribution in [2.75, 3.05) is 6.61 Å². The number of nitrogens with zero attached hydrogens (tertiary/aromatic N) is 2. The van der Waals surface area contributed by atoms with Crippen LogP contribution in [-0.2, 0) is 13.1 Å². The molecule has 0 unspecified atom stereocenters. The first-order valence-electron chi connectivity index (χ1n) is 7.95. The molecule has 3 nitrogen and oxygen atoms in total. The number of halogens is 1. The summed E-state index contributed by atoms with van der Waals surface area (Å²) in [6.07, 6.45) is 15.1. The van der Waals surface area contributed by atoms with Crippen LogP contribution in [0.25, 0.3) is 0 Å². The minimum Gasteiger partial charge on any atom is -1.00 e. The molecule has 20 heavy (non-hydrogen) atoms. The molecule has 0 aliphatic carbocycles. The first kappa shape index (κ1) is 19.7. The van der Waals surface area contributed by atoms with Gasteiger partial charge in [-0.15, -0.1) is 0 Å². The van der Waals surface area contributed by atoms with E-state index in [1.165, 1.54) is 57.2 Å². The second kappa shape index (κ2) is 12.4. The Kier molecular flexibility index (Phi) is 12.2. The van der Waals surface area contributed by atoms with Gasteiger partial charge in [-0.05, 0) is 12.8 Å². The molecule has 0 spiro atoms. The molecule has 0 aromatic carbocycles. The fourth-order valence-electron chi connectivity index (χ4n) is 2.54. The summed E-state index contributed by atoms with van der Waals surface area (Å²) in [5.74, 6) is 1.25. The lowest BCUT2D eigenvalue weighted by Gasteiger charge is -2.02. The first-order valence-corrected chi connectivity index (χ1v) is 7.95. The van der Waals surface area contributed by atoms with Crippen LogP contribution in [0.2, 0.25) is 0 Å². The second-order valence-electron chi connectivity index (χ2n) is 5.43. The standard InChI is InChI=1S/C16H31N2O.BrH/c1-3-4-5-6-7-8-9-10-11-17-12-13-18(14-15-19)16(17)2;/h12-13,19H,3-11,14-15H2,1-2H3;1H/q+1;/p-1. The van der Waals surface area contributed by atoms with Crippen molar-refractivity contribution in [3.8, 4) is 0 Å². The predicted molar refractivity (Wildman–Crippen MR) is 79.1 cm³/mol. The van der Waals surface area contributed by atoms with Gasteiger partial charge in [0, 0.05) is 6.92 Å². The number of imidazole rings is 1. The van der Waals surface area contributed by atoms with Gasteiger partial charge in [-0.25, -0.2) is 9.13 Å². The van der Waals surface area contributed by atoms with E-state index in [1.54, 1.807) is 0 Å². The molecule has 1 N–H and O–H groups in total. The fraction of sp³-hybridized carbons (Fsp3) is 0.812. The summed E-state index contributed by atoms with van der Waals surface area (Å²) in [7, 11) is 0. The van der Waals surface area contributed by atoms with Crippen molar-refractivity contribution in [2.45, 2.75) is 78.3 Å². The maximum absolute atomic E-state index is 8.96. The average molecular weight is 347 g/mol. The van der Waals surface area contributed by atoms with Gasteiger partial charge in [-0.1, -0.05) is 45.4 Å². The maximum Gasteiger partial charge on any atom is 0.253 e. The molecule has 4 heteroatoms. The molecule has 0 saturated heterocycles. The topological polar surface area (TPSA) is 29.0 Å². The van der Waals surface area contributed by atoms with Gasteiger partial charge in [0.05, 0.1) is 13.2 Å². The van der Waals surface area contributed by atoms with E-state index in [1.807, 2.05) is 0 Å². The van der Waals surface area contributed by atoms with Crippen molar-refractivity contribution in [1.82, 2.24) is 4.57 Å². The molecule has 1 aromatic heterocycles. The summed E-state index contributed by atoms with van der Waals surface area (Å²) in [5, 5.41) is 8.96. The number of aliphatic hydroxyl groups excluding tert-OH is 1. The van der Waals surface area contributed by atoms with Gasteiger partial charge in [0.25, 0.3) is 5.82 Å². The van der Waals surface area contributed by atoms with E-state index in [9.17, 15) is 0 Å². The van der Waals surface area contributed by atoms with E-state index >= 15 is 0 Å². The van der Waals surface area contributed by atoms with E-state index in [0.29, 0.717) is 6.54 Å². The molecule has 0 aliphatic heterocycles. The molecule has 0 saturated carbocycles. The number of aryl methyl sites for hydroxylation is 1. The van der Waals surface area contributed by atoms with Crippen LogP contribution in [-0.4, -0.2) is 16.3 Å². The zero-order valence-corrected chi connectivity index (χ0v) is 14.7. The zero-order chi connectivity index (χ0) is 13.9. The molecule has 1 heterocycles. The van der Waals surface area contributed by atoms with Crippen molar-refractivity contribution < 1.29 is 26.7 Å². The van der Waals surface area contributed by atoms with Crippen molar-refractivity contribution in [1.29, 1.82) is 0 Å². The third kappa shape index (κ3) is 7.44. The summed E-state index contributed by atoms with van der Waals surface area (Å²) < 4.78 is 4.41. The molecular formula is C16H31BrN2O. The summed E-state index contributed by atoms with van der Waals surface area (Å²) >= 11 is 0. The van der Waals surface area contributed by atoms with E-state index < -0.39 is 0 Å². The van der Waals surface area contributed by atoms with Crippen LogP contribution in [0.5, 0.6) is 0 Å². The first-order chi connectivity index (χ1) is 9.29. The summed E-state index contributed by atoms with van der Waals surface area (Å²) in [6, 6.07) is 0. The molecule has 1 aromatic rings. The molecule has 0 radical (unpaired) electrons. The number of hydrogen-bond acceptors (Lipinski definition) is 1. The smallest absolute Gasteiger partial charge is 0.253 e. The fourth-order valence-corrected chi connectivity index (χ4v) is 2.54. The number of aromatic nitrogens is 2. The number of rotatable bonds is 11. The van der Waals surface area contributed by atoms with Crippen LogP contribution in [0.1, 0.15) is 64.1 Å². The monoisotopic (exact) mass is 346 g/mol. The number of unbranched alkanes of at least 4 members (excludes halogenated alkanes) is 7. The Morgan fingerprint density at radius 2 is 1.65 bits per heavy atom. The third-order valence-electron chi connectivity index (χ3n) is 3.85. The Morgan fingerprint density at radius 3 is 2.25 bits per heavy atom. The number of hydrogen-bond donors (Lipinski definition) is 1. The van der Waals surface area contributed by atoms with Crippen molar-refractivity contribution >= 4 is 0 Å². The highest BCUT2D eigenvalue weighted by Crippen LogP contribution is 2.08. The van der Waals surface area contributed by atoms with Crippen molar-refractivity contribution in [3.63, 3.8) is 0 Å². The summed E-state index contributed by atoms with van der Waals surface area (Å²) in [4.78, 5) is 0. The lowest BCUT2D eigenvalue weighted by molar-refractivity contribution is -0.702. The Morgan fingerprint density at radius 1 is 1.05 bits per heavy atom. The van der Waals surface area contributed by atoms with E-state index in [4.69, 9.17) is 5.11 Å². The van der Waals surface area contributed by atoms with Crippen molar-refractivity contribution in [2.24, 2.45) is 0 Å². The maximum atomic E-state index is 8.96. The average Bonchev–Trinajstić information content (AvgIpc) is 2.75. The molecule has 1 rings (SSSR count). The van der Waals surface area contributed by atoms with E-state index in [2.05, 4.69) is 35.4 Å². The van der Waals surface area contributed by atoms with Crippen LogP contribution >= 0.6 is 0 Å². The van der Waals surface area contributed by atoms with Gasteiger partial charge >= 0.3 is 0 Å². The van der Waals surface area contributed by atoms with Crippen LogP contribution in [0.3, 0.4) is 0 Å². The predicted octanol–water partition coefficient (Wildman–Crippen LogP) is 0.221. The highest BCUT2D eigenvalue weighted by atomic mass is 79.9. The lowest BCUT2D eigenvalue weighted by atomic mass is 10.1. The highest BCUT2D eigenvalue weighted by molar-refractivity contribution is 4.79. The quantitative estimate of drug-likeness (QED) is 0.450. The third-order valence-corrected chi connectivity index (χ3v) is 3.85. The molecule has 0 fully saturated rings. The second-order valence-corrected chi connectivity index (χ2v) is 5.43. The number of aliphatic hydroxyl groups is 1. The largest absolute Gasteiger partial charge is 1.00 e. The summed E-state index contributed by atoms with van der Waals surface area (Å²) in [5.41, 5.74) is 0. The van der Waals surface area contributed by atoms with Gasteiger partial charge in [0.1, 0.15) is 18.9 Å². The SMILES string of the molecule is CCCCCCCCCC[n+]1ccn(CCO)c1C.[Br-]. The highest BCUT2D eigenvalue weighted by Gasteiger charge is 2.10. The van der Waals surface area contributed by atoms with Crippen LogP contribution in [0.15, 0.2) is 12.4 Å².